The lowest BCUT2D eigenvalue weighted by atomic mass is 9.85. The third kappa shape index (κ3) is 4.58. The number of hydrogen-bond donors (Lipinski definition) is 1. The molecule has 1 aliphatic heterocycles. The van der Waals surface area contributed by atoms with Crippen LogP contribution in [0.4, 0.5) is 14.5 Å². The van der Waals surface area contributed by atoms with Gasteiger partial charge in [-0.15, -0.1) is 0 Å². The largest absolute Gasteiger partial charge is 0.483 e. The summed E-state index contributed by atoms with van der Waals surface area (Å²) in [5.41, 5.74) is -0.0774. The van der Waals surface area contributed by atoms with E-state index in [2.05, 4.69) is 31.2 Å². The number of anilines is 1. The molecule has 0 amide bonds. The van der Waals surface area contributed by atoms with Gasteiger partial charge in [0.15, 0.2) is 0 Å². The minimum Gasteiger partial charge on any atom is -0.483 e. The van der Waals surface area contributed by atoms with Crippen LogP contribution in [0, 0.1) is 17.0 Å². The molecule has 2 heterocycles. The molecule has 1 aromatic carbocycles. The molecule has 8 heteroatoms. The number of piperazine rings is 1. The van der Waals surface area contributed by atoms with Crippen molar-refractivity contribution in [3.63, 3.8) is 0 Å². The fourth-order valence-corrected chi connectivity index (χ4v) is 3.14. The number of hydrogen-bond acceptors (Lipinski definition) is 5. The van der Waals surface area contributed by atoms with Crippen molar-refractivity contribution >= 4 is 5.69 Å². The molecule has 6 nitrogen and oxygen atoms in total. The molecule has 0 aliphatic carbocycles. The molecule has 1 atom stereocenters. The van der Waals surface area contributed by atoms with Gasteiger partial charge in [-0.3, -0.25) is 4.79 Å². The molecule has 2 aromatic rings. The first-order chi connectivity index (χ1) is 13.7. The van der Waals surface area contributed by atoms with Crippen molar-refractivity contribution < 1.29 is 13.5 Å². The van der Waals surface area contributed by atoms with Crippen LogP contribution < -0.4 is 20.5 Å². The van der Waals surface area contributed by atoms with Gasteiger partial charge in [0.2, 0.25) is 5.75 Å². The second kappa shape index (κ2) is 8.49. The first-order valence-electron chi connectivity index (χ1n) is 9.94. The van der Waals surface area contributed by atoms with Crippen LogP contribution in [0.3, 0.4) is 0 Å². The first-order valence-corrected chi connectivity index (χ1v) is 9.94. The zero-order valence-corrected chi connectivity index (χ0v) is 17.3. The van der Waals surface area contributed by atoms with Crippen LogP contribution in [0.25, 0.3) is 5.69 Å². The van der Waals surface area contributed by atoms with Crippen molar-refractivity contribution in [2.24, 2.45) is 5.41 Å². The number of halogens is 2. The number of nitrogens with one attached hydrogen (secondary N) is 1. The Balaban J connectivity index is 2.10. The van der Waals surface area contributed by atoms with E-state index in [-0.39, 0.29) is 23.0 Å². The maximum Gasteiger partial charge on any atom is 0.316 e. The zero-order valence-electron chi connectivity index (χ0n) is 17.3. The van der Waals surface area contributed by atoms with E-state index in [9.17, 15) is 13.6 Å². The van der Waals surface area contributed by atoms with Gasteiger partial charge in [-0.25, -0.2) is 8.78 Å². The summed E-state index contributed by atoms with van der Waals surface area (Å²) >= 11 is 0. The van der Waals surface area contributed by atoms with E-state index in [1.165, 1.54) is 6.20 Å². The quantitative estimate of drug-likeness (QED) is 0.799. The summed E-state index contributed by atoms with van der Waals surface area (Å²) < 4.78 is 34.6. The summed E-state index contributed by atoms with van der Waals surface area (Å²) in [5, 5.41) is 7.46. The Hall–Kier alpha value is -2.48. The van der Waals surface area contributed by atoms with Gasteiger partial charge in [0.05, 0.1) is 11.9 Å². The maximum atomic E-state index is 13.7. The minimum absolute atomic E-state index is 0.0200. The van der Waals surface area contributed by atoms with Gasteiger partial charge >= 0.3 is 5.56 Å². The topological polar surface area (TPSA) is 59.4 Å². The highest BCUT2D eigenvalue weighted by Crippen LogP contribution is 2.32. The Kier molecular flexibility index (Phi) is 6.21. The number of aromatic nitrogens is 2. The molecule has 0 saturated carbocycles. The van der Waals surface area contributed by atoms with E-state index in [0.717, 1.165) is 42.4 Å². The molecule has 0 spiro atoms. The second-order valence-corrected chi connectivity index (χ2v) is 8.04. The van der Waals surface area contributed by atoms with Crippen LogP contribution >= 0.6 is 0 Å². The Labute approximate surface area is 169 Å². The zero-order chi connectivity index (χ0) is 21.2. The molecule has 1 aromatic heterocycles. The summed E-state index contributed by atoms with van der Waals surface area (Å²) in [6.45, 7) is 11.1. The normalized spacial score (nSPS) is 16.0. The second-order valence-electron chi connectivity index (χ2n) is 8.04. The van der Waals surface area contributed by atoms with E-state index < -0.39 is 17.2 Å². The van der Waals surface area contributed by atoms with Crippen molar-refractivity contribution in [1.82, 2.24) is 15.1 Å². The minimum atomic E-state index is -0.775. The van der Waals surface area contributed by atoms with Crippen LogP contribution in [-0.2, 0) is 0 Å². The number of rotatable bonds is 6. The fraction of sp³-hybridized carbons (Fsp3) is 0.524. The highest BCUT2D eigenvalue weighted by molar-refractivity contribution is 5.57. The van der Waals surface area contributed by atoms with Gasteiger partial charge in [-0.2, -0.15) is 9.78 Å². The molecule has 1 saturated heterocycles. The third-order valence-electron chi connectivity index (χ3n) is 5.77. The van der Waals surface area contributed by atoms with E-state index >= 15 is 0 Å². The van der Waals surface area contributed by atoms with Gasteiger partial charge in [0.25, 0.3) is 0 Å². The standard InChI is InChI=1S/C21H28F2N4O2/c1-5-21(3,4)14(2)29-19-18(26-8-6-24-7-9-26)13-25-27(20(19)28)17-11-15(22)10-16(23)12-17/h10-14,24H,5-9H2,1-4H3. The fourth-order valence-electron chi connectivity index (χ4n) is 3.14. The number of ether oxygens (including phenoxy) is 1. The number of nitrogens with zero attached hydrogens (tertiary/aromatic N) is 3. The smallest absolute Gasteiger partial charge is 0.316 e. The van der Waals surface area contributed by atoms with Gasteiger partial charge in [-0.1, -0.05) is 20.8 Å². The van der Waals surface area contributed by atoms with Gasteiger partial charge in [-0.05, 0) is 25.5 Å². The molecule has 1 fully saturated rings. The van der Waals surface area contributed by atoms with Gasteiger partial charge in [0.1, 0.15) is 23.4 Å². The van der Waals surface area contributed by atoms with Crippen molar-refractivity contribution in [2.75, 3.05) is 31.1 Å². The molecule has 3 rings (SSSR count). The van der Waals surface area contributed by atoms with Crippen molar-refractivity contribution in [3.8, 4) is 11.4 Å². The molecule has 158 valence electrons. The Morgan fingerprint density at radius 3 is 2.41 bits per heavy atom. The summed E-state index contributed by atoms with van der Waals surface area (Å²) in [7, 11) is 0. The molecule has 1 N–H and O–H groups in total. The average Bonchev–Trinajstić information content (AvgIpc) is 2.69. The summed E-state index contributed by atoms with van der Waals surface area (Å²) in [5.74, 6) is -1.40. The third-order valence-corrected chi connectivity index (χ3v) is 5.77. The average molecular weight is 406 g/mol. The Morgan fingerprint density at radius 2 is 1.83 bits per heavy atom. The van der Waals surface area contributed by atoms with E-state index in [4.69, 9.17) is 4.74 Å². The predicted octanol–water partition coefficient (Wildman–Crippen LogP) is 3.12. The number of benzene rings is 1. The Morgan fingerprint density at radius 1 is 1.21 bits per heavy atom. The Bertz CT molecular complexity index is 903. The SMILES string of the molecule is CCC(C)(C)C(C)Oc1c(N2CCNCC2)cnn(-c2cc(F)cc(F)c2)c1=O. The van der Waals surface area contributed by atoms with E-state index in [1.807, 2.05) is 11.8 Å². The highest BCUT2D eigenvalue weighted by Gasteiger charge is 2.29. The lowest BCUT2D eigenvalue weighted by molar-refractivity contribution is 0.0841. The maximum absolute atomic E-state index is 13.7. The monoisotopic (exact) mass is 406 g/mol. The van der Waals surface area contributed by atoms with Crippen LogP contribution in [0.5, 0.6) is 5.75 Å². The molecule has 0 bridgehead atoms. The molecule has 0 radical (unpaired) electrons. The van der Waals surface area contributed by atoms with Crippen LogP contribution in [0.2, 0.25) is 0 Å². The molecule has 29 heavy (non-hydrogen) atoms. The highest BCUT2D eigenvalue weighted by atomic mass is 19.1. The van der Waals surface area contributed by atoms with E-state index in [1.54, 1.807) is 0 Å². The summed E-state index contributed by atoms with van der Waals surface area (Å²) in [6, 6.07) is 2.91. The van der Waals surface area contributed by atoms with Crippen LogP contribution in [0.15, 0.2) is 29.2 Å². The lowest BCUT2D eigenvalue weighted by Gasteiger charge is -2.34. The van der Waals surface area contributed by atoms with Crippen molar-refractivity contribution in [3.05, 3.63) is 46.4 Å². The first kappa shape index (κ1) is 21.2. The summed E-state index contributed by atoms with van der Waals surface area (Å²) in [4.78, 5) is 15.3. The van der Waals surface area contributed by atoms with Gasteiger partial charge in [0, 0.05) is 37.7 Å². The van der Waals surface area contributed by atoms with Crippen molar-refractivity contribution in [1.29, 1.82) is 0 Å². The van der Waals surface area contributed by atoms with Gasteiger partial charge < -0.3 is 15.0 Å². The van der Waals surface area contributed by atoms with Crippen LogP contribution in [-0.4, -0.2) is 42.1 Å². The lowest BCUT2D eigenvalue weighted by Crippen LogP contribution is -2.45. The van der Waals surface area contributed by atoms with E-state index in [0.29, 0.717) is 18.8 Å². The van der Waals surface area contributed by atoms with Crippen LogP contribution in [0.1, 0.15) is 34.1 Å². The molecular weight excluding hydrogens is 378 g/mol. The predicted molar refractivity (Wildman–Crippen MR) is 109 cm³/mol. The van der Waals surface area contributed by atoms with Crippen molar-refractivity contribution in [2.45, 2.75) is 40.2 Å². The molecule has 1 unspecified atom stereocenters. The molecule has 1 aliphatic rings. The summed E-state index contributed by atoms with van der Waals surface area (Å²) in [6.07, 6.45) is 2.16. The molecular formula is C21H28F2N4O2.